The first-order valence-electron chi connectivity index (χ1n) is 15.0. The Balaban J connectivity index is 0.00000226. The Hall–Kier alpha value is -2.94. The van der Waals surface area contributed by atoms with Crippen LogP contribution in [0.4, 0.5) is 30.2 Å². The van der Waals surface area contributed by atoms with Gasteiger partial charge in [-0.1, -0.05) is 46.8 Å². The number of hydrogen-bond donors (Lipinski definition) is 2. The maximum atomic E-state index is 13.1. The first-order chi connectivity index (χ1) is 19.4. The van der Waals surface area contributed by atoms with Gasteiger partial charge in [0, 0.05) is 68.8 Å². The number of carbonyl (C=O) groups excluding carboxylic acids is 1. The van der Waals surface area contributed by atoms with Crippen molar-refractivity contribution in [3.05, 3.63) is 53.6 Å². The molecule has 2 aromatic carbocycles. The van der Waals surface area contributed by atoms with E-state index >= 15 is 0 Å². The number of carbonyl (C=O) groups is 1. The third-order valence-electron chi connectivity index (χ3n) is 7.91. The average molecular weight is 576 g/mol. The van der Waals surface area contributed by atoms with Gasteiger partial charge in [0.05, 0.1) is 5.56 Å². The number of likely N-dealkylation sites (tertiary alicyclic amines) is 1. The van der Waals surface area contributed by atoms with Crippen molar-refractivity contribution in [2.75, 3.05) is 61.8 Å². The molecule has 0 spiro atoms. The summed E-state index contributed by atoms with van der Waals surface area (Å²) in [5.74, 6) is 0.165. The summed E-state index contributed by atoms with van der Waals surface area (Å²) in [5.41, 5.74) is 7.57. The van der Waals surface area contributed by atoms with Crippen molar-refractivity contribution in [1.82, 2.24) is 9.80 Å². The van der Waals surface area contributed by atoms with Crippen LogP contribution in [0.15, 0.2) is 42.5 Å². The molecule has 41 heavy (non-hydrogen) atoms. The molecule has 2 aromatic rings. The normalized spacial score (nSPS) is 17.2. The summed E-state index contributed by atoms with van der Waals surface area (Å²) >= 11 is 0. The Morgan fingerprint density at radius 3 is 2.10 bits per heavy atom. The Morgan fingerprint density at radius 1 is 0.927 bits per heavy atom. The van der Waals surface area contributed by atoms with E-state index in [-0.39, 0.29) is 23.1 Å². The van der Waals surface area contributed by atoms with Crippen molar-refractivity contribution in [3.63, 3.8) is 0 Å². The topological polar surface area (TPSA) is 64.8 Å². The molecule has 2 heterocycles. The fourth-order valence-corrected chi connectivity index (χ4v) is 5.41. The van der Waals surface area contributed by atoms with Gasteiger partial charge in [-0.05, 0) is 67.1 Å². The fraction of sp³-hybridized carbons (Fsp3) is 0.594. The van der Waals surface area contributed by atoms with Gasteiger partial charge < -0.3 is 20.9 Å². The summed E-state index contributed by atoms with van der Waals surface area (Å²) in [6.45, 7) is 16.8. The van der Waals surface area contributed by atoms with Crippen LogP contribution in [-0.4, -0.2) is 67.6 Å². The molecule has 0 aromatic heterocycles. The Bertz CT molecular complexity index is 1100. The zero-order valence-electron chi connectivity index (χ0n) is 25.4. The summed E-state index contributed by atoms with van der Waals surface area (Å²) in [5, 5.41) is 3.19. The SMILES string of the molecule is CC.CC(C)(C)c1ccc(N2CCN(CCCC(=O)N3CCC(Nc4ccc(N)c(C(F)(F)F)c4)CC3)CC2)cc1. The maximum Gasteiger partial charge on any atom is 0.418 e. The first kappa shape index (κ1) is 32.6. The van der Waals surface area contributed by atoms with Crippen LogP contribution in [0, 0.1) is 0 Å². The number of nitrogen functional groups attached to an aromatic ring is 1. The molecule has 0 unspecified atom stereocenters. The number of halogens is 3. The number of hydrogen-bond acceptors (Lipinski definition) is 5. The van der Waals surface area contributed by atoms with E-state index in [0.717, 1.165) is 45.2 Å². The van der Waals surface area contributed by atoms with Gasteiger partial charge in [-0.3, -0.25) is 9.69 Å². The Labute approximate surface area is 244 Å². The molecule has 3 N–H and O–H groups in total. The largest absolute Gasteiger partial charge is 0.418 e. The van der Waals surface area contributed by atoms with Crippen molar-refractivity contribution in [1.29, 1.82) is 0 Å². The summed E-state index contributed by atoms with van der Waals surface area (Å²) in [7, 11) is 0. The molecule has 2 fully saturated rings. The van der Waals surface area contributed by atoms with Crippen LogP contribution in [0.5, 0.6) is 0 Å². The second-order valence-corrected chi connectivity index (χ2v) is 11.8. The zero-order valence-corrected chi connectivity index (χ0v) is 25.4. The van der Waals surface area contributed by atoms with Crippen molar-refractivity contribution in [2.24, 2.45) is 0 Å². The summed E-state index contributed by atoms with van der Waals surface area (Å²) in [6.07, 6.45) is -1.71. The molecular weight excluding hydrogens is 527 g/mol. The minimum atomic E-state index is -4.48. The fourth-order valence-electron chi connectivity index (χ4n) is 5.41. The number of amides is 1. The minimum Gasteiger partial charge on any atom is -0.398 e. The molecule has 0 bridgehead atoms. The van der Waals surface area contributed by atoms with Crippen LogP contribution in [0.25, 0.3) is 0 Å². The van der Waals surface area contributed by atoms with Gasteiger partial charge in [-0.2, -0.15) is 13.2 Å². The lowest BCUT2D eigenvalue weighted by Crippen LogP contribution is -2.47. The monoisotopic (exact) mass is 575 g/mol. The van der Waals surface area contributed by atoms with E-state index in [2.05, 4.69) is 60.2 Å². The van der Waals surface area contributed by atoms with Gasteiger partial charge in [-0.25, -0.2) is 0 Å². The van der Waals surface area contributed by atoms with E-state index in [9.17, 15) is 18.0 Å². The third-order valence-corrected chi connectivity index (χ3v) is 7.91. The molecule has 0 atom stereocenters. The van der Waals surface area contributed by atoms with E-state index in [1.807, 2.05) is 18.7 Å². The van der Waals surface area contributed by atoms with Gasteiger partial charge in [0.15, 0.2) is 0 Å². The number of nitrogens with one attached hydrogen (secondary N) is 1. The molecule has 9 heteroatoms. The highest BCUT2D eigenvalue weighted by Crippen LogP contribution is 2.35. The van der Waals surface area contributed by atoms with Crippen molar-refractivity contribution in [3.8, 4) is 0 Å². The standard InChI is InChI=1S/C30H42F3N5O.C2H6/c1-29(2,3)22-6-9-25(10-7-22)37-19-17-36(18-20-37)14-4-5-28(39)38-15-12-23(13-16-38)35-24-8-11-27(34)26(21-24)30(31,32)33;1-2/h6-11,21,23,35H,4-5,12-20,34H2,1-3H3;1-2H3. The van der Waals surface area contributed by atoms with Crippen LogP contribution in [0.3, 0.4) is 0 Å². The quantitative estimate of drug-likeness (QED) is 0.364. The Morgan fingerprint density at radius 2 is 1.54 bits per heavy atom. The van der Waals surface area contributed by atoms with Crippen LogP contribution in [-0.2, 0) is 16.4 Å². The number of rotatable bonds is 7. The molecule has 2 saturated heterocycles. The van der Waals surface area contributed by atoms with Gasteiger partial charge in [0.25, 0.3) is 0 Å². The van der Waals surface area contributed by atoms with Gasteiger partial charge in [0.1, 0.15) is 0 Å². The average Bonchev–Trinajstić information content (AvgIpc) is 2.95. The number of benzene rings is 2. The highest BCUT2D eigenvalue weighted by atomic mass is 19.4. The number of piperazine rings is 1. The number of piperidine rings is 1. The first-order valence-corrected chi connectivity index (χ1v) is 15.0. The molecule has 6 nitrogen and oxygen atoms in total. The molecule has 228 valence electrons. The van der Waals surface area contributed by atoms with E-state index in [0.29, 0.717) is 38.0 Å². The van der Waals surface area contributed by atoms with E-state index in [1.54, 1.807) is 6.07 Å². The molecule has 2 aliphatic rings. The van der Waals surface area contributed by atoms with Crippen LogP contribution < -0.4 is 16.0 Å². The van der Waals surface area contributed by atoms with E-state index in [4.69, 9.17) is 5.73 Å². The molecule has 0 aliphatic carbocycles. The highest BCUT2D eigenvalue weighted by Gasteiger charge is 2.33. The van der Waals surface area contributed by atoms with Crippen LogP contribution >= 0.6 is 0 Å². The molecule has 0 saturated carbocycles. The number of nitrogens with two attached hydrogens (primary N) is 1. The van der Waals surface area contributed by atoms with Gasteiger partial charge in [-0.15, -0.1) is 0 Å². The van der Waals surface area contributed by atoms with Crippen LogP contribution in [0.1, 0.15) is 71.4 Å². The smallest absolute Gasteiger partial charge is 0.398 e. The lowest BCUT2D eigenvalue weighted by Gasteiger charge is -2.36. The predicted octanol–water partition coefficient (Wildman–Crippen LogP) is 6.62. The van der Waals surface area contributed by atoms with Crippen molar-refractivity contribution >= 4 is 23.0 Å². The zero-order chi connectivity index (χ0) is 30.2. The molecule has 1 amide bonds. The highest BCUT2D eigenvalue weighted by molar-refractivity contribution is 5.76. The summed E-state index contributed by atoms with van der Waals surface area (Å²) < 4.78 is 39.4. The number of anilines is 3. The maximum absolute atomic E-state index is 13.1. The van der Waals surface area contributed by atoms with E-state index in [1.165, 1.54) is 17.3 Å². The Kier molecular flexibility index (Phi) is 11.4. The third kappa shape index (κ3) is 9.28. The minimum absolute atomic E-state index is 0.0275. The van der Waals surface area contributed by atoms with Gasteiger partial charge in [0.2, 0.25) is 5.91 Å². The summed E-state index contributed by atoms with van der Waals surface area (Å²) in [4.78, 5) is 19.5. The van der Waals surface area contributed by atoms with Crippen LogP contribution in [0.2, 0.25) is 0 Å². The lowest BCUT2D eigenvalue weighted by molar-refractivity contribution is -0.137. The van der Waals surface area contributed by atoms with Crippen molar-refractivity contribution < 1.29 is 18.0 Å². The van der Waals surface area contributed by atoms with Gasteiger partial charge >= 0.3 is 6.18 Å². The molecule has 0 radical (unpaired) electrons. The van der Waals surface area contributed by atoms with E-state index < -0.39 is 11.7 Å². The lowest BCUT2D eigenvalue weighted by atomic mass is 9.87. The number of alkyl halides is 3. The molecule has 4 rings (SSSR count). The molecular formula is C32H48F3N5O. The predicted molar refractivity (Wildman–Crippen MR) is 163 cm³/mol. The second kappa shape index (κ2) is 14.3. The summed E-state index contributed by atoms with van der Waals surface area (Å²) in [6, 6.07) is 12.9. The van der Waals surface area contributed by atoms with Crippen molar-refractivity contribution in [2.45, 2.75) is 77.9 Å². The second-order valence-electron chi connectivity index (χ2n) is 11.8. The molecule has 2 aliphatic heterocycles. The number of nitrogens with zero attached hydrogens (tertiary/aromatic N) is 3.